The van der Waals surface area contributed by atoms with E-state index in [4.69, 9.17) is 5.73 Å². The van der Waals surface area contributed by atoms with Crippen molar-refractivity contribution in [1.29, 1.82) is 0 Å². The predicted octanol–water partition coefficient (Wildman–Crippen LogP) is 2.42. The first-order valence-corrected chi connectivity index (χ1v) is 8.59. The Morgan fingerprint density at radius 3 is 2.95 bits per heavy atom. The summed E-state index contributed by atoms with van der Waals surface area (Å²) in [5.74, 6) is 1.20. The first kappa shape index (κ1) is 16.1. The van der Waals surface area contributed by atoms with E-state index in [1.165, 1.54) is 11.3 Å². The Morgan fingerprint density at radius 2 is 2.32 bits per heavy atom. The van der Waals surface area contributed by atoms with Crippen molar-refractivity contribution in [2.45, 2.75) is 32.7 Å². The SMILES string of the molecule is CCCNc1nc(N)c(C(=O)NC(C)CCSC)s1. The van der Waals surface area contributed by atoms with Gasteiger partial charge in [-0.15, -0.1) is 0 Å². The van der Waals surface area contributed by atoms with Crippen LogP contribution in [0.25, 0.3) is 0 Å². The number of thioether (sulfide) groups is 1. The second-order valence-corrected chi connectivity index (χ2v) is 6.30. The summed E-state index contributed by atoms with van der Waals surface area (Å²) in [4.78, 5) is 16.7. The lowest BCUT2D eigenvalue weighted by Gasteiger charge is -2.12. The van der Waals surface area contributed by atoms with Crippen molar-refractivity contribution in [1.82, 2.24) is 10.3 Å². The molecule has 1 aromatic rings. The third-order valence-corrected chi connectivity index (χ3v) is 4.19. The average Bonchev–Trinajstić information content (AvgIpc) is 2.75. The number of nitrogens with zero attached hydrogens (tertiary/aromatic N) is 1. The molecule has 0 aliphatic carbocycles. The van der Waals surface area contributed by atoms with Gasteiger partial charge in [0.05, 0.1) is 0 Å². The zero-order valence-electron chi connectivity index (χ0n) is 11.7. The molecule has 108 valence electrons. The Labute approximate surface area is 122 Å². The first-order valence-electron chi connectivity index (χ1n) is 6.38. The van der Waals surface area contributed by atoms with Crippen LogP contribution in [0.5, 0.6) is 0 Å². The van der Waals surface area contributed by atoms with Gasteiger partial charge in [-0.3, -0.25) is 4.79 Å². The molecule has 0 aliphatic heterocycles. The summed E-state index contributed by atoms with van der Waals surface area (Å²) in [6.07, 6.45) is 4.01. The fourth-order valence-electron chi connectivity index (χ4n) is 1.46. The molecule has 0 spiro atoms. The summed E-state index contributed by atoms with van der Waals surface area (Å²) in [7, 11) is 0. The standard InChI is InChI=1S/C12H22N4OS2/c1-4-6-14-12-16-10(13)9(19-12)11(17)15-8(2)5-7-18-3/h8H,4-7,13H2,1-3H3,(H,14,16)(H,15,17). The third kappa shape index (κ3) is 5.28. The highest BCUT2D eigenvalue weighted by Crippen LogP contribution is 2.24. The molecule has 0 radical (unpaired) electrons. The van der Waals surface area contributed by atoms with Crippen LogP contribution in [-0.4, -0.2) is 35.5 Å². The van der Waals surface area contributed by atoms with E-state index >= 15 is 0 Å². The van der Waals surface area contributed by atoms with Gasteiger partial charge in [0.2, 0.25) is 0 Å². The number of nitrogens with one attached hydrogen (secondary N) is 2. The fourth-order valence-corrected chi connectivity index (χ4v) is 2.86. The zero-order chi connectivity index (χ0) is 14.3. The van der Waals surface area contributed by atoms with Gasteiger partial charge in [0, 0.05) is 12.6 Å². The molecule has 1 unspecified atom stereocenters. The van der Waals surface area contributed by atoms with Gasteiger partial charge in [-0.05, 0) is 31.8 Å². The largest absolute Gasteiger partial charge is 0.382 e. The maximum atomic E-state index is 12.1. The van der Waals surface area contributed by atoms with E-state index in [0.29, 0.717) is 15.8 Å². The van der Waals surface area contributed by atoms with E-state index < -0.39 is 0 Å². The van der Waals surface area contributed by atoms with E-state index in [1.54, 1.807) is 11.8 Å². The summed E-state index contributed by atoms with van der Waals surface area (Å²) in [5, 5.41) is 6.80. The molecule has 5 nitrogen and oxygen atoms in total. The molecule has 19 heavy (non-hydrogen) atoms. The molecule has 0 saturated carbocycles. The van der Waals surface area contributed by atoms with E-state index in [1.807, 2.05) is 6.92 Å². The van der Waals surface area contributed by atoms with Gasteiger partial charge >= 0.3 is 0 Å². The molecular formula is C12H22N4OS2. The number of rotatable bonds is 8. The molecule has 4 N–H and O–H groups in total. The normalized spacial score (nSPS) is 12.2. The molecule has 1 amide bonds. The number of anilines is 2. The molecule has 1 atom stereocenters. The number of hydrogen-bond donors (Lipinski definition) is 3. The molecular weight excluding hydrogens is 280 g/mol. The highest BCUT2D eigenvalue weighted by Gasteiger charge is 2.17. The van der Waals surface area contributed by atoms with Gasteiger partial charge in [-0.1, -0.05) is 18.3 Å². The molecule has 0 aromatic carbocycles. The van der Waals surface area contributed by atoms with Crippen molar-refractivity contribution in [2.24, 2.45) is 0 Å². The van der Waals surface area contributed by atoms with Crippen LogP contribution in [0.4, 0.5) is 10.9 Å². The number of hydrogen-bond acceptors (Lipinski definition) is 6. The molecule has 1 aromatic heterocycles. The Bertz CT molecular complexity index is 408. The summed E-state index contributed by atoms with van der Waals surface area (Å²) in [6, 6.07) is 0.147. The van der Waals surface area contributed by atoms with Crippen LogP contribution in [0.2, 0.25) is 0 Å². The maximum absolute atomic E-state index is 12.1. The van der Waals surface area contributed by atoms with Crippen LogP contribution < -0.4 is 16.4 Å². The van der Waals surface area contributed by atoms with Crippen LogP contribution >= 0.6 is 23.1 Å². The minimum atomic E-state index is -0.131. The summed E-state index contributed by atoms with van der Waals surface area (Å²) >= 11 is 3.08. The molecule has 7 heteroatoms. The zero-order valence-corrected chi connectivity index (χ0v) is 13.3. The van der Waals surface area contributed by atoms with Crippen molar-refractivity contribution in [2.75, 3.05) is 29.6 Å². The maximum Gasteiger partial charge on any atom is 0.265 e. The number of amides is 1. The Hall–Kier alpha value is -0.950. The summed E-state index contributed by atoms with van der Waals surface area (Å²) in [5.41, 5.74) is 5.78. The van der Waals surface area contributed by atoms with Crippen molar-refractivity contribution in [3.05, 3.63) is 4.88 Å². The van der Waals surface area contributed by atoms with Crippen LogP contribution in [0.3, 0.4) is 0 Å². The minimum absolute atomic E-state index is 0.131. The van der Waals surface area contributed by atoms with E-state index in [-0.39, 0.29) is 11.9 Å². The Balaban J connectivity index is 2.58. The van der Waals surface area contributed by atoms with E-state index in [2.05, 4.69) is 28.8 Å². The van der Waals surface area contributed by atoms with Crippen LogP contribution in [0, 0.1) is 0 Å². The lowest BCUT2D eigenvalue weighted by atomic mass is 10.2. The third-order valence-electron chi connectivity index (χ3n) is 2.52. The number of aromatic nitrogens is 1. The number of carbonyl (C=O) groups excluding carboxylic acids is 1. The second kappa shape index (κ2) is 8.27. The van der Waals surface area contributed by atoms with Crippen LogP contribution in [-0.2, 0) is 0 Å². The quantitative estimate of drug-likeness (QED) is 0.687. The van der Waals surface area contributed by atoms with E-state index in [9.17, 15) is 4.79 Å². The minimum Gasteiger partial charge on any atom is -0.382 e. The highest BCUT2D eigenvalue weighted by molar-refractivity contribution is 7.98. The van der Waals surface area contributed by atoms with Gasteiger partial charge in [0.1, 0.15) is 10.7 Å². The van der Waals surface area contributed by atoms with Crippen molar-refractivity contribution >= 4 is 40.0 Å². The highest BCUT2D eigenvalue weighted by atomic mass is 32.2. The van der Waals surface area contributed by atoms with Crippen LogP contribution in [0.15, 0.2) is 0 Å². The Morgan fingerprint density at radius 1 is 1.58 bits per heavy atom. The second-order valence-electron chi connectivity index (χ2n) is 4.32. The lowest BCUT2D eigenvalue weighted by molar-refractivity contribution is 0.0944. The van der Waals surface area contributed by atoms with Gasteiger partial charge in [0.15, 0.2) is 5.13 Å². The lowest BCUT2D eigenvalue weighted by Crippen LogP contribution is -2.32. The molecule has 1 rings (SSSR count). The average molecular weight is 302 g/mol. The smallest absolute Gasteiger partial charge is 0.265 e. The monoisotopic (exact) mass is 302 g/mol. The van der Waals surface area contributed by atoms with Gasteiger partial charge in [0.25, 0.3) is 5.91 Å². The number of nitrogen functional groups attached to an aromatic ring is 1. The van der Waals surface area contributed by atoms with Gasteiger partial charge < -0.3 is 16.4 Å². The number of thiazole rings is 1. The molecule has 0 aliphatic rings. The van der Waals surface area contributed by atoms with Gasteiger partial charge in [-0.25, -0.2) is 4.98 Å². The predicted molar refractivity (Wildman–Crippen MR) is 85.2 cm³/mol. The molecule has 0 fully saturated rings. The molecule has 0 saturated heterocycles. The fraction of sp³-hybridized carbons (Fsp3) is 0.667. The van der Waals surface area contributed by atoms with Crippen molar-refractivity contribution in [3.63, 3.8) is 0 Å². The van der Waals surface area contributed by atoms with Gasteiger partial charge in [-0.2, -0.15) is 11.8 Å². The molecule has 1 heterocycles. The van der Waals surface area contributed by atoms with Crippen molar-refractivity contribution in [3.8, 4) is 0 Å². The molecule has 0 bridgehead atoms. The topological polar surface area (TPSA) is 80.0 Å². The van der Waals surface area contributed by atoms with Crippen LogP contribution in [0.1, 0.15) is 36.4 Å². The van der Waals surface area contributed by atoms with E-state index in [0.717, 1.165) is 25.1 Å². The number of carbonyl (C=O) groups is 1. The summed E-state index contributed by atoms with van der Waals surface area (Å²) < 4.78 is 0. The van der Waals surface area contributed by atoms with Crippen molar-refractivity contribution < 1.29 is 4.79 Å². The Kier molecular flexibility index (Phi) is 7.01. The first-order chi connectivity index (χ1) is 9.08. The summed E-state index contributed by atoms with van der Waals surface area (Å²) in [6.45, 7) is 4.91. The number of nitrogens with two attached hydrogens (primary N) is 1.